The molecule has 1 aromatic carbocycles. The average Bonchev–Trinajstić information content (AvgIpc) is 2.40. The van der Waals surface area contributed by atoms with Gasteiger partial charge in [-0.15, -0.1) is 0 Å². The number of carbonyl (C=O) groups is 1. The summed E-state index contributed by atoms with van der Waals surface area (Å²) in [5.41, 5.74) is 0.235. The van der Waals surface area contributed by atoms with Gasteiger partial charge in [-0.05, 0) is 25.1 Å². The molecule has 0 amide bonds. The van der Waals surface area contributed by atoms with Crippen LogP contribution in [0.3, 0.4) is 0 Å². The Hall–Kier alpha value is -1.07. The van der Waals surface area contributed by atoms with E-state index in [1.807, 2.05) is 31.2 Å². The molecular weight excluding hydrogens is 310 g/mol. The van der Waals surface area contributed by atoms with Crippen LogP contribution in [0.2, 0.25) is 0 Å². The molecule has 4 nitrogen and oxygen atoms in total. The van der Waals surface area contributed by atoms with Gasteiger partial charge < -0.3 is 14.8 Å². The van der Waals surface area contributed by atoms with Crippen LogP contribution in [0.15, 0.2) is 28.7 Å². The molecule has 0 atom stereocenters. The maximum Gasteiger partial charge on any atom is 0.331 e. The zero-order valence-electron chi connectivity index (χ0n) is 10.9. The molecule has 5 heteroatoms. The van der Waals surface area contributed by atoms with Gasteiger partial charge in [0, 0.05) is 36.2 Å². The Balaban J connectivity index is 2.20. The molecule has 1 N–H and O–H groups in total. The molecule has 19 heavy (non-hydrogen) atoms. The lowest BCUT2D eigenvalue weighted by molar-refractivity contribution is -0.152. The number of anilines is 1. The van der Waals surface area contributed by atoms with E-state index in [2.05, 4.69) is 21.2 Å². The number of benzene rings is 1. The summed E-state index contributed by atoms with van der Waals surface area (Å²) in [6.07, 6.45) is 1.25. The van der Waals surface area contributed by atoms with Gasteiger partial charge in [-0.2, -0.15) is 0 Å². The van der Waals surface area contributed by atoms with Gasteiger partial charge in [0.2, 0.25) is 0 Å². The molecule has 0 bridgehead atoms. The third-order valence-electron chi connectivity index (χ3n) is 3.22. The van der Waals surface area contributed by atoms with Crippen molar-refractivity contribution in [3.05, 3.63) is 28.7 Å². The summed E-state index contributed by atoms with van der Waals surface area (Å²) in [7, 11) is 0. The van der Waals surface area contributed by atoms with Crippen LogP contribution in [0.5, 0.6) is 0 Å². The van der Waals surface area contributed by atoms with Crippen molar-refractivity contribution in [2.45, 2.75) is 25.3 Å². The lowest BCUT2D eigenvalue weighted by atomic mass is 9.89. The molecule has 1 fully saturated rings. The quantitative estimate of drug-likeness (QED) is 0.864. The standard InChI is InChI=1S/C14H18BrNO3/c1-2-19-13(17)14(6-8-18-9-7-14)16-12-5-3-4-11(15)10-12/h3-5,10,16H,2,6-9H2,1H3. The molecule has 1 aromatic rings. The van der Waals surface area contributed by atoms with Gasteiger partial charge >= 0.3 is 5.97 Å². The topological polar surface area (TPSA) is 47.6 Å². The molecule has 1 aliphatic rings. The molecule has 0 radical (unpaired) electrons. The van der Waals surface area contributed by atoms with E-state index in [0.29, 0.717) is 32.7 Å². The van der Waals surface area contributed by atoms with Gasteiger partial charge in [-0.3, -0.25) is 0 Å². The number of esters is 1. The Morgan fingerprint density at radius 1 is 1.47 bits per heavy atom. The normalized spacial score (nSPS) is 17.8. The molecule has 0 aromatic heterocycles. The van der Waals surface area contributed by atoms with Crippen molar-refractivity contribution in [3.8, 4) is 0 Å². The van der Waals surface area contributed by atoms with E-state index in [9.17, 15) is 4.79 Å². The first-order valence-corrected chi connectivity index (χ1v) is 7.24. The second kappa shape index (κ2) is 6.39. The van der Waals surface area contributed by atoms with Gasteiger partial charge in [-0.1, -0.05) is 22.0 Å². The van der Waals surface area contributed by atoms with E-state index in [4.69, 9.17) is 9.47 Å². The summed E-state index contributed by atoms with van der Waals surface area (Å²) in [6.45, 7) is 3.35. The number of carbonyl (C=O) groups excluding carboxylic acids is 1. The fourth-order valence-electron chi connectivity index (χ4n) is 2.21. The van der Waals surface area contributed by atoms with E-state index < -0.39 is 5.54 Å². The minimum absolute atomic E-state index is 0.196. The van der Waals surface area contributed by atoms with E-state index in [1.165, 1.54) is 0 Å². The maximum atomic E-state index is 12.3. The summed E-state index contributed by atoms with van der Waals surface area (Å²) in [5, 5.41) is 3.34. The van der Waals surface area contributed by atoms with Gasteiger partial charge in [0.15, 0.2) is 0 Å². The third kappa shape index (κ3) is 3.48. The van der Waals surface area contributed by atoms with Gasteiger partial charge in [0.25, 0.3) is 0 Å². The van der Waals surface area contributed by atoms with Crippen LogP contribution in [0.25, 0.3) is 0 Å². The van der Waals surface area contributed by atoms with Crippen molar-refractivity contribution >= 4 is 27.6 Å². The molecule has 0 aliphatic carbocycles. The van der Waals surface area contributed by atoms with Crippen LogP contribution >= 0.6 is 15.9 Å². The molecule has 1 aliphatic heterocycles. The lowest BCUT2D eigenvalue weighted by Crippen LogP contribution is -2.51. The summed E-state index contributed by atoms with van der Waals surface area (Å²) >= 11 is 3.43. The summed E-state index contributed by atoms with van der Waals surface area (Å²) < 4.78 is 11.6. The number of rotatable bonds is 4. The maximum absolute atomic E-state index is 12.3. The number of hydrogen-bond acceptors (Lipinski definition) is 4. The summed E-state index contributed by atoms with van der Waals surface area (Å²) in [6, 6.07) is 7.79. The van der Waals surface area contributed by atoms with Crippen molar-refractivity contribution in [2.75, 3.05) is 25.1 Å². The van der Waals surface area contributed by atoms with Crippen LogP contribution < -0.4 is 5.32 Å². The Labute approximate surface area is 121 Å². The van der Waals surface area contributed by atoms with Crippen molar-refractivity contribution in [2.24, 2.45) is 0 Å². The Morgan fingerprint density at radius 2 is 2.21 bits per heavy atom. The predicted molar refractivity (Wildman–Crippen MR) is 77.2 cm³/mol. The van der Waals surface area contributed by atoms with Gasteiger partial charge in [0.1, 0.15) is 5.54 Å². The number of halogens is 1. The second-order valence-electron chi connectivity index (χ2n) is 4.55. The van der Waals surface area contributed by atoms with Crippen LogP contribution in [0.1, 0.15) is 19.8 Å². The molecule has 104 valence electrons. The predicted octanol–water partition coefficient (Wildman–Crippen LogP) is 2.97. The Bertz CT molecular complexity index is 444. The first-order chi connectivity index (χ1) is 9.16. The molecule has 2 rings (SSSR count). The van der Waals surface area contributed by atoms with Crippen LogP contribution in [0.4, 0.5) is 5.69 Å². The summed E-state index contributed by atoms with van der Waals surface area (Å²) in [4.78, 5) is 12.3. The highest BCUT2D eigenvalue weighted by molar-refractivity contribution is 9.10. The highest BCUT2D eigenvalue weighted by atomic mass is 79.9. The highest BCUT2D eigenvalue weighted by Crippen LogP contribution is 2.28. The first-order valence-electron chi connectivity index (χ1n) is 6.45. The zero-order valence-corrected chi connectivity index (χ0v) is 12.5. The molecule has 0 saturated carbocycles. The van der Waals surface area contributed by atoms with Crippen molar-refractivity contribution in [1.29, 1.82) is 0 Å². The smallest absolute Gasteiger partial charge is 0.331 e. The largest absolute Gasteiger partial charge is 0.464 e. The number of nitrogens with one attached hydrogen (secondary N) is 1. The highest BCUT2D eigenvalue weighted by Gasteiger charge is 2.41. The van der Waals surface area contributed by atoms with E-state index in [1.54, 1.807) is 0 Å². The average molecular weight is 328 g/mol. The van der Waals surface area contributed by atoms with Gasteiger partial charge in [-0.25, -0.2) is 4.79 Å². The number of hydrogen-bond donors (Lipinski definition) is 1. The van der Waals surface area contributed by atoms with Crippen LogP contribution in [-0.2, 0) is 14.3 Å². The van der Waals surface area contributed by atoms with Crippen LogP contribution in [-0.4, -0.2) is 31.3 Å². The fourth-order valence-corrected chi connectivity index (χ4v) is 2.61. The van der Waals surface area contributed by atoms with E-state index in [-0.39, 0.29) is 5.97 Å². The lowest BCUT2D eigenvalue weighted by Gasteiger charge is -2.36. The second-order valence-corrected chi connectivity index (χ2v) is 5.47. The molecule has 1 saturated heterocycles. The van der Waals surface area contributed by atoms with E-state index >= 15 is 0 Å². The zero-order chi connectivity index (χ0) is 13.7. The molecular formula is C14H18BrNO3. The first kappa shape index (κ1) is 14.3. The third-order valence-corrected chi connectivity index (χ3v) is 3.71. The van der Waals surface area contributed by atoms with Crippen molar-refractivity contribution in [3.63, 3.8) is 0 Å². The molecule has 1 heterocycles. The monoisotopic (exact) mass is 327 g/mol. The fraction of sp³-hybridized carbons (Fsp3) is 0.500. The Morgan fingerprint density at radius 3 is 2.84 bits per heavy atom. The molecule has 0 spiro atoms. The van der Waals surface area contributed by atoms with Crippen molar-refractivity contribution in [1.82, 2.24) is 0 Å². The molecule has 0 unspecified atom stereocenters. The minimum Gasteiger partial charge on any atom is -0.464 e. The van der Waals surface area contributed by atoms with Gasteiger partial charge in [0.05, 0.1) is 6.61 Å². The number of ether oxygens (including phenoxy) is 2. The summed E-state index contributed by atoms with van der Waals surface area (Å²) in [5.74, 6) is -0.196. The SMILES string of the molecule is CCOC(=O)C1(Nc2cccc(Br)c2)CCOCC1. The van der Waals surface area contributed by atoms with E-state index in [0.717, 1.165) is 10.2 Å². The van der Waals surface area contributed by atoms with Crippen LogP contribution in [0, 0.1) is 0 Å². The minimum atomic E-state index is -0.672. The van der Waals surface area contributed by atoms with Crippen molar-refractivity contribution < 1.29 is 14.3 Å². The Kier molecular flexibility index (Phi) is 4.82.